The molecule has 1 aliphatic heterocycles. The van der Waals surface area contributed by atoms with E-state index < -0.39 is 17.5 Å². The molecule has 4 atom stereocenters. The van der Waals surface area contributed by atoms with Crippen LogP contribution in [0.1, 0.15) is 86.4 Å². The third-order valence-electron chi connectivity index (χ3n) is 10.1. The number of nitrogens with zero attached hydrogens (tertiary/aromatic N) is 3. The fourth-order valence-electron chi connectivity index (χ4n) is 6.99. The third-order valence-corrected chi connectivity index (χ3v) is 10.4. The van der Waals surface area contributed by atoms with Crippen molar-refractivity contribution >= 4 is 40.4 Å². The summed E-state index contributed by atoms with van der Waals surface area (Å²) in [6.07, 6.45) is 4.04. The van der Waals surface area contributed by atoms with Crippen molar-refractivity contribution in [3.8, 4) is 0 Å². The van der Waals surface area contributed by atoms with Crippen molar-refractivity contribution in [2.24, 2.45) is 18.4 Å². The molecule has 48 heavy (non-hydrogen) atoms. The molecule has 0 spiro atoms. The zero-order valence-corrected chi connectivity index (χ0v) is 28.9. The summed E-state index contributed by atoms with van der Waals surface area (Å²) in [6, 6.07) is 14.0. The number of hydrogen-bond donors (Lipinski definition) is 4. The summed E-state index contributed by atoms with van der Waals surface area (Å²) in [7, 11) is 1.73. The highest BCUT2D eigenvalue weighted by atomic mass is 35.5. The number of rotatable bonds is 12. The maximum Gasteiger partial charge on any atom is 0.270 e. The molecule has 2 fully saturated rings. The molecule has 1 saturated heterocycles. The van der Waals surface area contributed by atoms with Crippen LogP contribution in [0.15, 0.2) is 54.7 Å². The molecule has 4 N–H and O–H groups in total. The van der Waals surface area contributed by atoms with E-state index in [9.17, 15) is 14.4 Å². The summed E-state index contributed by atoms with van der Waals surface area (Å²) in [6.45, 7) is 9.00. The number of aromatic amines is 1. The Morgan fingerprint density at radius 3 is 2.48 bits per heavy atom. The molecule has 3 heterocycles. The van der Waals surface area contributed by atoms with Crippen molar-refractivity contribution < 1.29 is 19.1 Å². The van der Waals surface area contributed by atoms with E-state index in [1.807, 2.05) is 63.2 Å². The molecule has 12 heteroatoms. The number of fused-ring (bicyclic) bond motifs is 1. The van der Waals surface area contributed by atoms with Crippen LogP contribution in [0.3, 0.4) is 0 Å². The molecule has 2 aromatic carbocycles. The number of benzene rings is 2. The molecule has 4 aromatic rings. The van der Waals surface area contributed by atoms with Gasteiger partial charge < -0.3 is 25.7 Å². The van der Waals surface area contributed by atoms with E-state index >= 15 is 0 Å². The molecule has 2 aromatic heterocycles. The van der Waals surface area contributed by atoms with E-state index in [1.54, 1.807) is 24.0 Å². The summed E-state index contributed by atoms with van der Waals surface area (Å²) >= 11 is 6.82. The lowest BCUT2D eigenvalue weighted by Crippen LogP contribution is -2.55. The Balaban J connectivity index is 1.40. The van der Waals surface area contributed by atoms with Crippen LogP contribution in [-0.4, -0.2) is 63.3 Å². The lowest BCUT2D eigenvalue weighted by molar-refractivity contribution is -0.133. The molecule has 1 aliphatic carbocycles. The minimum atomic E-state index is -0.978. The smallest absolute Gasteiger partial charge is 0.270 e. The average molecular weight is 674 g/mol. The van der Waals surface area contributed by atoms with Crippen LogP contribution in [0.4, 0.5) is 0 Å². The van der Waals surface area contributed by atoms with Gasteiger partial charge in [-0.05, 0) is 72.9 Å². The van der Waals surface area contributed by atoms with Gasteiger partial charge in [-0.2, -0.15) is 5.10 Å². The number of ether oxygens (including phenoxy) is 1. The zero-order chi connectivity index (χ0) is 34.2. The molecule has 0 radical (unpaired) electrons. The van der Waals surface area contributed by atoms with Gasteiger partial charge in [0.2, 0.25) is 11.8 Å². The summed E-state index contributed by atoms with van der Waals surface area (Å²) in [5.41, 5.74) is 2.48. The quantitative estimate of drug-likeness (QED) is 0.168. The van der Waals surface area contributed by atoms with Gasteiger partial charge in [0.05, 0.1) is 29.1 Å². The number of H-pyrrole nitrogens is 1. The van der Waals surface area contributed by atoms with Gasteiger partial charge in [-0.3, -0.25) is 19.1 Å². The molecule has 2 aliphatic rings. The minimum Gasteiger partial charge on any atom is -0.380 e. The average Bonchev–Trinajstić information content (AvgIpc) is 3.45. The summed E-state index contributed by atoms with van der Waals surface area (Å²) in [5, 5.41) is 14.0. The SMILES string of the molecule is CCNC(=O)[C@H](NC(=O)C1(c2ccc3nc([C@@H](NC(=O)c4ccnn4C)[C@H](c4ccccc4Cl)C4(C)CC4)[nH]c3c2)CCOC1)C(C)C. The standard InChI is InChI=1S/C36H44ClN7O4/c1-6-38-33(46)29(21(2)3)43-34(47)36(16-18-48-20-36)22-11-12-25-26(19-22)41-31(40-25)30(42-32(45)27-13-17-39-44(27)5)28(35(4)14-15-35)23-9-7-8-10-24(23)37/h7-13,17,19,21,28-30H,6,14-16,18,20H2,1-5H3,(H,38,46)(H,40,41)(H,42,45)(H,43,47)/t28-,29+,30-,36?/m0/s1. The Hall–Kier alpha value is -4.22. The van der Waals surface area contributed by atoms with Gasteiger partial charge in [-0.15, -0.1) is 0 Å². The van der Waals surface area contributed by atoms with Crippen molar-refractivity contribution in [1.29, 1.82) is 0 Å². The summed E-state index contributed by atoms with van der Waals surface area (Å²) in [4.78, 5) is 49.1. The van der Waals surface area contributed by atoms with Gasteiger partial charge in [0.25, 0.3) is 5.91 Å². The molecule has 1 unspecified atom stereocenters. The first-order valence-electron chi connectivity index (χ1n) is 16.7. The van der Waals surface area contributed by atoms with E-state index in [0.29, 0.717) is 41.6 Å². The number of nitrogens with one attached hydrogen (secondary N) is 4. The summed E-state index contributed by atoms with van der Waals surface area (Å²) in [5.74, 6) is -0.409. The maximum atomic E-state index is 14.0. The van der Waals surface area contributed by atoms with Crippen molar-refractivity contribution in [3.63, 3.8) is 0 Å². The molecule has 0 bridgehead atoms. The highest BCUT2D eigenvalue weighted by Gasteiger charge is 2.51. The van der Waals surface area contributed by atoms with Gasteiger partial charge in [0.1, 0.15) is 17.6 Å². The van der Waals surface area contributed by atoms with Crippen LogP contribution in [0.25, 0.3) is 11.0 Å². The van der Waals surface area contributed by atoms with E-state index in [4.69, 9.17) is 21.3 Å². The van der Waals surface area contributed by atoms with Crippen molar-refractivity contribution in [2.75, 3.05) is 19.8 Å². The van der Waals surface area contributed by atoms with Crippen LogP contribution in [0.5, 0.6) is 0 Å². The van der Waals surface area contributed by atoms with E-state index in [0.717, 1.165) is 29.5 Å². The first-order chi connectivity index (χ1) is 23.0. The molecule has 6 rings (SSSR count). The van der Waals surface area contributed by atoms with Crippen molar-refractivity contribution in [1.82, 2.24) is 35.7 Å². The van der Waals surface area contributed by atoms with Crippen LogP contribution in [0, 0.1) is 11.3 Å². The second-order valence-corrected chi connectivity index (χ2v) is 14.2. The second-order valence-electron chi connectivity index (χ2n) is 13.8. The number of amides is 3. The lowest BCUT2D eigenvalue weighted by Gasteiger charge is -2.32. The first-order valence-corrected chi connectivity index (χ1v) is 17.0. The molecular weight excluding hydrogens is 630 g/mol. The van der Waals surface area contributed by atoms with Crippen molar-refractivity contribution in [2.45, 2.75) is 70.4 Å². The largest absolute Gasteiger partial charge is 0.380 e. The number of aryl methyl sites for hydroxylation is 1. The highest BCUT2D eigenvalue weighted by Crippen LogP contribution is 2.60. The van der Waals surface area contributed by atoms with Crippen molar-refractivity contribution in [3.05, 3.63) is 82.4 Å². The van der Waals surface area contributed by atoms with Crippen LogP contribution < -0.4 is 16.0 Å². The van der Waals surface area contributed by atoms with Gasteiger partial charge in [-0.1, -0.05) is 56.6 Å². The summed E-state index contributed by atoms with van der Waals surface area (Å²) < 4.78 is 7.36. The van der Waals surface area contributed by atoms with Gasteiger partial charge >= 0.3 is 0 Å². The molecular formula is C36H44ClN7O4. The van der Waals surface area contributed by atoms with E-state index in [2.05, 4.69) is 33.0 Å². The molecule has 1 saturated carbocycles. The van der Waals surface area contributed by atoms with Crippen LogP contribution in [-0.2, 0) is 26.8 Å². The normalized spacial score (nSPS) is 20.3. The zero-order valence-electron chi connectivity index (χ0n) is 28.1. The highest BCUT2D eigenvalue weighted by molar-refractivity contribution is 6.31. The first kappa shape index (κ1) is 33.7. The lowest BCUT2D eigenvalue weighted by atomic mass is 9.78. The molecule has 3 amide bonds. The number of halogens is 1. The number of hydrogen-bond acceptors (Lipinski definition) is 6. The predicted molar refractivity (Wildman–Crippen MR) is 184 cm³/mol. The fourth-order valence-corrected chi connectivity index (χ4v) is 7.24. The Morgan fingerprint density at radius 1 is 1.08 bits per heavy atom. The number of carbonyl (C=O) groups is 3. The van der Waals surface area contributed by atoms with Gasteiger partial charge in [0, 0.05) is 37.3 Å². The van der Waals surface area contributed by atoms with Crippen LogP contribution in [0.2, 0.25) is 5.02 Å². The number of carbonyl (C=O) groups excluding carboxylic acids is 3. The number of likely N-dealkylation sites (N-methyl/N-ethyl adjacent to an activating group) is 1. The maximum absolute atomic E-state index is 14.0. The third kappa shape index (κ3) is 6.33. The Morgan fingerprint density at radius 2 is 1.85 bits per heavy atom. The van der Waals surface area contributed by atoms with Crippen LogP contribution >= 0.6 is 11.6 Å². The number of imidazole rings is 1. The minimum absolute atomic E-state index is 0.101. The van der Waals surface area contributed by atoms with Gasteiger partial charge in [0.15, 0.2) is 0 Å². The fraction of sp³-hybridized carbons (Fsp3) is 0.472. The molecule has 254 valence electrons. The predicted octanol–water partition coefficient (Wildman–Crippen LogP) is 4.94. The second kappa shape index (κ2) is 13.4. The Bertz CT molecular complexity index is 1820. The molecule has 11 nitrogen and oxygen atoms in total. The number of aromatic nitrogens is 4. The van der Waals surface area contributed by atoms with E-state index in [1.165, 1.54) is 0 Å². The Labute approximate surface area is 285 Å². The van der Waals surface area contributed by atoms with Gasteiger partial charge in [-0.25, -0.2) is 4.98 Å². The monoisotopic (exact) mass is 673 g/mol. The Kier molecular flexibility index (Phi) is 9.37. The topological polar surface area (TPSA) is 143 Å². The van der Waals surface area contributed by atoms with E-state index in [-0.39, 0.29) is 41.6 Å².